The molecule has 4 aromatic rings. The fraction of sp³-hybridized carbons (Fsp3) is 0.333. The molecule has 4 aromatic heterocycles. The molecule has 0 spiro atoms. The Kier molecular flexibility index (Phi) is 3.08. The van der Waals surface area contributed by atoms with Gasteiger partial charge in [0.1, 0.15) is 11.5 Å². The summed E-state index contributed by atoms with van der Waals surface area (Å²) in [6.45, 7) is 3.78. The second-order valence-corrected chi connectivity index (χ2v) is 7.30. The smallest absolute Gasteiger partial charge is 0.224 e. The molecular formula is C18H19N7O. The van der Waals surface area contributed by atoms with Crippen LogP contribution in [0.2, 0.25) is 0 Å². The summed E-state index contributed by atoms with van der Waals surface area (Å²) >= 11 is 0. The second-order valence-electron chi connectivity index (χ2n) is 7.30. The highest BCUT2D eigenvalue weighted by Crippen LogP contribution is 2.33. The lowest BCUT2D eigenvalue weighted by atomic mass is 9.77. The van der Waals surface area contributed by atoms with Gasteiger partial charge in [0.05, 0.1) is 5.60 Å². The van der Waals surface area contributed by atoms with Gasteiger partial charge in [-0.05, 0) is 38.8 Å². The Hall–Kier alpha value is -3.00. The number of nitrogens with zero attached hydrogens (tertiary/aromatic N) is 5. The van der Waals surface area contributed by atoms with E-state index in [2.05, 4.69) is 30.5 Å². The molecule has 0 aromatic carbocycles. The predicted octanol–water partition coefficient (Wildman–Crippen LogP) is 2.30. The summed E-state index contributed by atoms with van der Waals surface area (Å²) in [4.78, 5) is 12.2. The first kappa shape index (κ1) is 15.3. The number of anilines is 1. The first-order chi connectivity index (χ1) is 12.5. The van der Waals surface area contributed by atoms with Crippen LogP contribution in [0.1, 0.15) is 25.6 Å². The molecule has 26 heavy (non-hydrogen) atoms. The van der Waals surface area contributed by atoms with Crippen molar-refractivity contribution in [3.8, 4) is 11.1 Å². The van der Waals surface area contributed by atoms with Crippen molar-refractivity contribution in [2.45, 2.75) is 38.3 Å². The molecule has 8 nitrogen and oxygen atoms in total. The van der Waals surface area contributed by atoms with Crippen molar-refractivity contribution in [2.24, 2.45) is 0 Å². The largest absolute Gasteiger partial charge is 0.390 e. The number of pyridine rings is 1. The SMILES string of the molecule is Cc1nnc2ccc(-c3c[nH]c4nc(N[C@H]5C[C@@](C)(O)C5)ncc34)cn12. The van der Waals surface area contributed by atoms with Crippen LogP contribution in [-0.2, 0) is 0 Å². The summed E-state index contributed by atoms with van der Waals surface area (Å²) in [5.41, 5.74) is 3.12. The molecule has 8 heteroatoms. The summed E-state index contributed by atoms with van der Waals surface area (Å²) in [6, 6.07) is 4.19. The Bertz CT molecular complexity index is 1120. The number of aliphatic hydroxyl groups is 1. The van der Waals surface area contributed by atoms with Crippen LogP contribution >= 0.6 is 0 Å². The van der Waals surface area contributed by atoms with Gasteiger partial charge in [0, 0.05) is 41.1 Å². The molecular weight excluding hydrogens is 330 g/mol. The van der Waals surface area contributed by atoms with Crippen LogP contribution in [0, 0.1) is 6.92 Å². The molecule has 0 bridgehead atoms. The Labute approximate surface area is 149 Å². The maximum Gasteiger partial charge on any atom is 0.224 e. The van der Waals surface area contributed by atoms with E-state index in [9.17, 15) is 5.11 Å². The highest BCUT2D eigenvalue weighted by atomic mass is 16.3. The van der Waals surface area contributed by atoms with Gasteiger partial charge in [-0.3, -0.25) is 4.40 Å². The number of hydrogen-bond acceptors (Lipinski definition) is 6. The van der Waals surface area contributed by atoms with E-state index in [0.717, 1.165) is 33.6 Å². The molecule has 0 atom stereocenters. The molecule has 132 valence electrons. The highest BCUT2D eigenvalue weighted by molar-refractivity contribution is 5.93. The Morgan fingerprint density at radius 3 is 2.96 bits per heavy atom. The van der Waals surface area contributed by atoms with E-state index >= 15 is 0 Å². The van der Waals surface area contributed by atoms with Crippen molar-refractivity contribution >= 4 is 22.6 Å². The monoisotopic (exact) mass is 349 g/mol. The van der Waals surface area contributed by atoms with Gasteiger partial charge < -0.3 is 15.4 Å². The van der Waals surface area contributed by atoms with E-state index in [1.165, 1.54) is 0 Å². The predicted molar refractivity (Wildman–Crippen MR) is 97.9 cm³/mol. The lowest BCUT2D eigenvalue weighted by Crippen LogP contribution is -2.48. The number of aromatic amines is 1. The van der Waals surface area contributed by atoms with E-state index in [1.54, 1.807) is 0 Å². The van der Waals surface area contributed by atoms with E-state index in [1.807, 2.05) is 49.0 Å². The van der Waals surface area contributed by atoms with Crippen LogP contribution in [0.4, 0.5) is 5.95 Å². The minimum absolute atomic E-state index is 0.219. The zero-order valence-corrected chi connectivity index (χ0v) is 14.6. The molecule has 1 aliphatic rings. The van der Waals surface area contributed by atoms with Crippen molar-refractivity contribution in [3.63, 3.8) is 0 Å². The molecule has 0 saturated heterocycles. The van der Waals surface area contributed by atoms with Gasteiger partial charge >= 0.3 is 0 Å². The number of rotatable bonds is 3. The molecule has 0 unspecified atom stereocenters. The maximum absolute atomic E-state index is 9.84. The van der Waals surface area contributed by atoms with Gasteiger partial charge in [0.25, 0.3) is 0 Å². The number of nitrogens with one attached hydrogen (secondary N) is 2. The van der Waals surface area contributed by atoms with Gasteiger partial charge in [-0.15, -0.1) is 10.2 Å². The third-order valence-electron chi connectivity index (χ3n) is 5.02. The Morgan fingerprint density at radius 2 is 2.15 bits per heavy atom. The summed E-state index contributed by atoms with van der Waals surface area (Å²) in [6.07, 6.45) is 7.22. The Balaban J connectivity index is 1.48. The van der Waals surface area contributed by atoms with E-state index in [4.69, 9.17) is 0 Å². The minimum atomic E-state index is -0.569. The molecule has 1 aliphatic carbocycles. The molecule has 5 rings (SSSR count). The normalized spacial score (nSPS) is 22.7. The number of aryl methyl sites for hydroxylation is 1. The molecule has 3 N–H and O–H groups in total. The van der Waals surface area contributed by atoms with Crippen LogP contribution in [-0.4, -0.2) is 46.3 Å². The van der Waals surface area contributed by atoms with Crippen molar-refractivity contribution in [2.75, 3.05) is 5.32 Å². The van der Waals surface area contributed by atoms with Gasteiger partial charge in [-0.2, -0.15) is 4.98 Å². The van der Waals surface area contributed by atoms with E-state index in [-0.39, 0.29) is 6.04 Å². The van der Waals surface area contributed by atoms with Crippen LogP contribution in [0.3, 0.4) is 0 Å². The van der Waals surface area contributed by atoms with Crippen molar-refractivity contribution in [1.29, 1.82) is 0 Å². The average molecular weight is 349 g/mol. The molecule has 4 heterocycles. The zero-order chi connectivity index (χ0) is 17.9. The van der Waals surface area contributed by atoms with Crippen LogP contribution in [0.25, 0.3) is 27.8 Å². The minimum Gasteiger partial charge on any atom is -0.390 e. The third kappa shape index (κ3) is 2.41. The van der Waals surface area contributed by atoms with Crippen molar-refractivity contribution < 1.29 is 5.11 Å². The van der Waals surface area contributed by atoms with Gasteiger partial charge in [0.15, 0.2) is 5.65 Å². The van der Waals surface area contributed by atoms with Gasteiger partial charge in [-0.1, -0.05) is 0 Å². The standard InChI is InChI=1S/C18H19N7O/c1-10-23-24-15-4-3-11(9-25(10)15)13-7-19-16-14(13)8-20-17(22-16)21-12-5-18(2,26)6-12/h3-4,7-9,12,26H,5-6H2,1-2H3,(H2,19,20,21,22)/t12-,18+. The van der Waals surface area contributed by atoms with E-state index < -0.39 is 5.60 Å². The molecule has 1 saturated carbocycles. The van der Waals surface area contributed by atoms with Crippen LogP contribution in [0.15, 0.2) is 30.7 Å². The molecule has 1 fully saturated rings. The van der Waals surface area contributed by atoms with Crippen LogP contribution < -0.4 is 5.32 Å². The fourth-order valence-electron chi connectivity index (χ4n) is 3.67. The average Bonchev–Trinajstić information content (AvgIpc) is 3.16. The quantitative estimate of drug-likeness (QED) is 0.524. The summed E-state index contributed by atoms with van der Waals surface area (Å²) in [5.74, 6) is 1.43. The molecule has 0 radical (unpaired) electrons. The summed E-state index contributed by atoms with van der Waals surface area (Å²) in [7, 11) is 0. The highest BCUT2D eigenvalue weighted by Gasteiger charge is 2.38. The first-order valence-corrected chi connectivity index (χ1v) is 8.63. The summed E-state index contributed by atoms with van der Waals surface area (Å²) in [5, 5.41) is 22.3. The first-order valence-electron chi connectivity index (χ1n) is 8.63. The topological polar surface area (TPSA) is 104 Å². The number of H-pyrrole nitrogens is 1. The van der Waals surface area contributed by atoms with E-state index in [0.29, 0.717) is 18.8 Å². The Morgan fingerprint density at radius 1 is 1.31 bits per heavy atom. The second kappa shape index (κ2) is 5.25. The summed E-state index contributed by atoms with van der Waals surface area (Å²) < 4.78 is 1.97. The lowest BCUT2D eigenvalue weighted by molar-refractivity contribution is -0.0235. The number of aromatic nitrogens is 6. The molecule has 0 aliphatic heterocycles. The van der Waals surface area contributed by atoms with Gasteiger partial charge in [0.2, 0.25) is 5.95 Å². The maximum atomic E-state index is 9.84. The number of hydrogen-bond donors (Lipinski definition) is 3. The fourth-order valence-corrected chi connectivity index (χ4v) is 3.67. The van der Waals surface area contributed by atoms with Crippen molar-refractivity contribution in [3.05, 3.63) is 36.5 Å². The van der Waals surface area contributed by atoms with Crippen molar-refractivity contribution in [1.82, 2.24) is 29.5 Å². The third-order valence-corrected chi connectivity index (χ3v) is 5.02. The van der Waals surface area contributed by atoms with Crippen LogP contribution in [0.5, 0.6) is 0 Å². The lowest BCUT2D eigenvalue weighted by Gasteiger charge is -2.41. The zero-order valence-electron chi connectivity index (χ0n) is 14.6. The molecule has 0 amide bonds. The van der Waals surface area contributed by atoms with Gasteiger partial charge in [-0.25, -0.2) is 4.98 Å². The number of fused-ring (bicyclic) bond motifs is 2.